The summed E-state index contributed by atoms with van der Waals surface area (Å²) >= 11 is 4.70. The lowest BCUT2D eigenvalue weighted by Crippen LogP contribution is -2.31. The van der Waals surface area contributed by atoms with E-state index in [0.717, 1.165) is 22.3 Å². The smallest absolute Gasteiger partial charge is 0.261 e. The van der Waals surface area contributed by atoms with Crippen molar-refractivity contribution in [1.29, 1.82) is 0 Å². The highest BCUT2D eigenvalue weighted by Crippen LogP contribution is 2.28. The minimum absolute atomic E-state index is 0.191. The summed E-state index contributed by atoms with van der Waals surface area (Å²) in [6.45, 7) is 4.41. The highest BCUT2D eigenvalue weighted by atomic mass is 79.9. The van der Waals surface area contributed by atoms with Gasteiger partial charge in [-0.25, -0.2) is 0 Å². The van der Waals surface area contributed by atoms with E-state index >= 15 is 0 Å². The van der Waals surface area contributed by atoms with Crippen molar-refractivity contribution in [3.63, 3.8) is 0 Å². The van der Waals surface area contributed by atoms with Gasteiger partial charge in [-0.3, -0.25) is 19.3 Å². The standard InChI is InChI=1S/C19H21BrN4O3S/c1-3-11(4-2)16-22-23-19(28-16)21-15(25)6-5-9-24-17(26)13-8-7-12(20)10-14(13)18(24)27/h7-8,10-11H,3-6,9H2,1-2H3,(H,21,23,25). The third kappa shape index (κ3) is 4.30. The number of hydrogen-bond donors (Lipinski definition) is 1. The van der Waals surface area contributed by atoms with Crippen molar-refractivity contribution in [3.05, 3.63) is 38.8 Å². The van der Waals surface area contributed by atoms with Gasteiger partial charge in [-0.05, 0) is 37.5 Å². The van der Waals surface area contributed by atoms with Crippen LogP contribution in [0.4, 0.5) is 5.13 Å². The minimum Gasteiger partial charge on any atom is -0.301 e. The molecule has 3 rings (SSSR count). The Morgan fingerprint density at radius 3 is 2.61 bits per heavy atom. The molecule has 1 aromatic heterocycles. The number of imide groups is 1. The summed E-state index contributed by atoms with van der Waals surface area (Å²) in [7, 11) is 0. The molecule has 0 fully saturated rings. The fraction of sp³-hybridized carbons (Fsp3) is 0.421. The van der Waals surface area contributed by atoms with Crippen LogP contribution in [0.3, 0.4) is 0 Å². The average Bonchev–Trinajstić information content (AvgIpc) is 3.21. The van der Waals surface area contributed by atoms with Crippen LogP contribution in [0.2, 0.25) is 0 Å². The first-order valence-corrected chi connectivity index (χ1v) is 10.8. The van der Waals surface area contributed by atoms with Gasteiger partial charge in [0.1, 0.15) is 5.01 Å². The van der Waals surface area contributed by atoms with E-state index in [0.29, 0.717) is 28.6 Å². The molecule has 0 bridgehead atoms. The van der Waals surface area contributed by atoms with Crippen molar-refractivity contribution in [3.8, 4) is 0 Å². The van der Waals surface area contributed by atoms with Gasteiger partial charge in [0, 0.05) is 23.4 Å². The first kappa shape index (κ1) is 20.6. The van der Waals surface area contributed by atoms with Gasteiger partial charge in [0.05, 0.1) is 11.1 Å². The summed E-state index contributed by atoms with van der Waals surface area (Å²) in [5.41, 5.74) is 0.798. The monoisotopic (exact) mass is 464 g/mol. The summed E-state index contributed by atoms with van der Waals surface area (Å²) in [5.74, 6) is -0.476. The number of halogens is 1. The Labute approximate surface area is 175 Å². The van der Waals surface area contributed by atoms with E-state index < -0.39 is 0 Å². The summed E-state index contributed by atoms with van der Waals surface area (Å²) in [6.07, 6.45) is 2.54. The maximum absolute atomic E-state index is 12.4. The summed E-state index contributed by atoms with van der Waals surface area (Å²) in [4.78, 5) is 38.2. The SMILES string of the molecule is CCC(CC)c1nnc(NC(=O)CCCN2C(=O)c3ccc(Br)cc3C2=O)s1. The lowest BCUT2D eigenvalue weighted by molar-refractivity contribution is -0.116. The number of fused-ring (bicyclic) bond motifs is 1. The molecule has 1 aliphatic rings. The van der Waals surface area contributed by atoms with E-state index in [2.05, 4.69) is 45.3 Å². The van der Waals surface area contributed by atoms with E-state index in [1.165, 1.54) is 16.2 Å². The number of aromatic nitrogens is 2. The fourth-order valence-electron chi connectivity index (χ4n) is 3.13. The molecule has 0 spiro atoms. The van der Waals surface area contributed by atoms with Crippen molar-refractivity contribution in [1.82, 2.24) is 15.1 Å². The van der Waals surface area contributed by atoms with Crippen LogP contribution in [-0.2, 0) is 4.79 Å². The Balaban J connectivity index is 1.51. The molecular formula is C19H21BrN4O3S. The van der Waals surface area contributed by atoms with Gasteiger partial charge in [0.15, 0.2) is 0 Å². The molecular weight excluding hydrogens is 444 g/mol. The molecule has 0 radical (unpaired) electrons. The predicted octanol–water partition coefficient (Wildman–Crippen LogP) is 4.22. The molecule has 0 aliphatic carbocycles. The number of carbonyl (C=O) groups excluding carboxylic acids is 3. The van der Waals surface area contributed by atoms with Crippen molar-refractivity contribution in [2.45, 2.75) is 45.4 Å². The number of anilines is 1. The molecule has 0 saturated carbocycles. The Morgan fingerprint density at radius 2 is 1.89 bits per heavy atom. The third-order valence-electron chi connectivity index (χ3n) is 4.74. The Kier molecular flexibility index (Phi) is 6.56. The summed E-state index contributed by atoms with van der Waals surface area (Å²) < 4.78 is 0.749. The maximum atomic E-state index is 12.4. The van der Waals surface area contributed by atoms with Crippen molar-refractivity contribution >= 4 is 50.1 Å². The van der Waals surface area contributed by atoms with E-state index in [4.69, 9.17) is 0 Å². The largest absolute Gasteiger partial charge is 0.301 e. The zero-order valence-corrected chi connectivity index (χ0v) is 18.1. The molecule has 9 heteroatoms. The Bertz CT molecular complexity index is 910. The van der Waals surface area contributed by atoms with Crippen LogP contribution in [0, 0.1) is 0 Å². The van der Waals surface area contributed by atoms with Crippen LogP contribution in [-0.4, -0.2) is 39.4 Å². The first-order chi connectivity index (χ1) is 13.4. The second-order valence-corrected chi connectivity index (χ2v) is 8.49. The molecule has 7 nitrogen and oxygen atoms in total. The van der Waals surface area contributed by atoms with Gasteiger partial charge < -0.3 is 5.32 Å². The van der Waals surface area contributed by atoms with Crippen molar-refractivity contribution in [2.75, 3.05) is 11.9 Å². The van der Waals surface area contributed by atoms with Gasteiger partial charge in [-0.15, -0.1) is 10.2 Å². The van der Waals surface area contributed by atoms with Gasteiger partial charge >= 0.3 is 0 Å². The van der Waals surface area contributed by atoms with Crippen LogP contribution >= 0.6 is 27.3 Å². The van der Waals surface area contributed by atoms with Crippen molar-refractivity contribution < 1.29 is 14.4 Å². The van der Waals surface area contributed by atoms with Gasteiger partial charge in [-0.1, -0.05) is 41.1 Å². The number of hydrogen-bond acceptors (Lipinski definition) is 6. The number of nitrogens with one attached hydrogen (secondary N) is 1. The molecule has 2 heterocycles. The molecule has 1 aliphatic heterocycles. The first-order valence-electron chi connectivity index (χ1n) is 9.23. The molecule has 0 unspecified atom stereocenters. The number of rotatable bonds is 8. The zero-order valence-electron chi connectivity index (χ0n) is 15.7. The number of benzene rings is 1. The highest BCUT2D eigenvalue weighted by molar-refractivity contribution is 9.10. The van der Waals surface area contributed by atoms with Crippen LogP contribution < -0.4 is 5.32 Å². The fourth-order valence-corrected chi connectivity index (χ4v) is 4.52. The molecule has 2 aromatic rings. The number of amides is 3. The van der Waals surface area contributed by atoms with E-state index in [-0.39, 0.29) is 30.7 Å². The van der Waals surface area contributed by atoms with Crippen LogP contribution in [0.1, 0.15) is 71.2 Å². The highest BCUT2D eigenvalue weighted by Gasteiger charge is 2.35. The Morgan fingerprint density at radius 1 is 1.18 bits per heavy atom. The van der Waals surface area contributed by atoms with Crippen LogP contribution in [0.5, 0.6) is 0 Å². The second kappa shape index (κ2) is 8.91. The molecule has 1 N–H and O–H groups in total. The average molecular weight is 465 g/mol. The third-order valence-corrected chi connectivity index (χ3v) is 6.23. The molecule has 3 amide bonds. The lowest BCUT2D eigenvalue weighted by Gasteiger charge is -2.13. The maximum Gasteiger partial charge on any atom is 0.261 e. The van der Waals surface area contributed by atoms with Crippen molar-refractivity contribution in [2.24, 2.45) is 0 Å². The van der Waals surface area contributed by atoms with E-state index in [9.17, 15) is 14.4 Å². The molecule has 0 atom stereocenters. The van der Waals surface area contributed by atoms with Gasteiger partial charge in [0.25, 0.3) is 11.8 Å². The van der Waals surface area contributed by atoms with Gasteiger partial charge in [0.2, 0.25) is 11.0 Å². The molecule has 148 valence electrons. The molecule has 0 saturated heterocycles. The normalized spacial score (nSPS) is 13.4. The summed E-state index contributed by atoms with van der Waals surface area (Å²) in [6, 6.07) is 5.02. The lowest BCUT2D eigenvalue weighted by atomic mass is 10.1. The van der Waals surface area contributed by atoms with Gasteiger partial charge in [-0.2, -0.15) is 0 Å². The minimum atomic E-state index is -0.319. The quantitative estimate of drug-likeness (QED) is 0.590. The van der Waals surface area contributed by atoms with Crippen LogP contribution in [0.15, 0.2) is 22.7 Å². The Hall–Kier alpha value is -2.13. The molecule has 28 heavy (non-hydrogen) atoms. The van der Waals surface area contributed by atoms with E-state index in [1.807, 2.05) is 0 Å². The van der Waals surface area contributed by atoms with Crippen LogP contribution in [0.25, 0.3) is 0 Å². The summed E-state index contributed by atoms with van der Waals surface area (Å²) in [5, 5.41) is 12.3. The molecule has 1 aromatic carbocycles. The second-order valence-electron chi connectivity index (χ2n) is 6.56. The van der Waals surface area contributed by atoms with E-state index in [1.54, 1.807) is 18.2 Å². The topological polar surface area (TPSA) is 92.3 Å². The number of carbonyl (C=O) groups is 3. The zero-order chi connectivity index (χ0) is 20.3. The predicted molar refractivity (Wildman–Crippen MR) is 111 cm³/mol. The number of nitrogens with zero attached hydrogens (tertiary/aromatic N) is 3.